The second-order valence-corrected chi connectivity index (χ2v) is 5.06. The highest BCUT2D eigenvalue weighted by molar-refractivity contribution is 7.09. The molecule has 0 amide bonds. The summed E-state index contributed by atoms with van der Waals surface area (Å²) >= 11 is 1.67. The first-order chi connectivity index (χ1) is 9.19. The molecule has 0 saturated heterocycles. The van der Waals surface area contributed by atoms with E-state index in [4.69, 9.17) is 0 Å². The molecular formula is C13H15N3O2S. The molecule has 100 valence electrons. The van der Waals surface area contributed by atoms with Gasteiger partial charge in [0.2, 0.25) is 0 Å². The van der Waals surface area contributed by atoms with Crippen LogP contribution in [0.1, 0.15) is 23.2 Å². The van der Waals surface area contributed by atoms with Gasteiger partial charge in [-0.1, -0.05) is 19.1 Å². The summed E-state index contributed by atoms with van der Waals surface area (Å²) in [7, 11) is 0. The zero-order valence-corrected chi connectivity index (χ0v) is 11.4. The monoisotopic (exact) mass is 277 g/mol. The van der Waals surface area contributed by atoms with Crippen molar-refractivity contribution in [3.8, 4) is 0 Å². The second kappa shape index (κ2) is 6.40. The van der Waals surface area contributed by atoms with Gasteiger partial charge in [0, 0.05) is 30.6 Å². The van der Waals surface area contributed by atoms with Gasteiger partial charge in [0.25, 0.3) is 5.69 Å². The lowest BCUT2D eigenvalue weighted by Gasteiger charge is -2.02. The van der Waals surface area contributed by atoms with E-state index in [1.807, 2.05) is 0 Å². The van der Waals surface area contributed by atoms with Crippen LogP contribution in [-0.2, 0) is 19.5 Å². The first-order valence-corrected chi connectivity index (χ1v) is 6.94. The maximum Gasteiger partial charge on any atom is 0.269 e. The van der Waals surface area contributed by atoms with Crippen molar-refractivity contribution < 1.29 is 4.92 Å². The van der Waals surface area contributed by atoms with Crippen molar-refractivity contribution in [3.63, 3.8) is 0 Å². The van der Waals surface area contributed by atoms with Crippen LogP contribution in [0.3, 0.4) is 0 Å². The fourth-order valence-corrected chi connectivity index (χ4v) is 2.41. The number of hydrogen-bond acceptors (Lipinski definition) is 5. The van der Waals surface area contributed by atoms with Crippen molar-refractivity contribution in [3.05, 3.63) is 56.0 Å². The van der Waals surface area contributed by atoms with Crippen molar-refractivity contribution in [1.29, 1.82) is 0 Å². The predicted octanol–water partition coefficient (Wildman–Crippen LogP) is 2.90. The van der Waals surface area contributed by atoms with Crippen LogP contribution in [0.2, 0.25) is 0 Å². The Balaban J connectivity index is 1.83. The van der Waals surface area contributed by atoms with E-state index in [0.29, 0.717) is 13.1 Å². The highest BCUT2D eigenvalue weighted by Crippen LogP contribution is 2.12. The molecule has 1 N–H and O–H groups in total. The number of aromatic nitrogens is 1. The van der Waals surface area contributed by atoms with Crippen molar-refractivity contribution in [2.45, 2.75) is 26.4 Å². The lowest BCUT2D eigenvalue weighted by molar-refractivity contribution is -0.384. The van der Waals surface area contributed by atoms with Crippen molar-refractivity contribution >= 4 is 17.0 Å². The number of nitro groups is 1. The van der Waals surface area contributed by atoms with E-state index in [9.17, 15) is 10.1 Å². The molecule has 0 atom stereocenters. The Morgan fingerprint density at radius 1 is 1.32 bits per heavy atom. The molecule has 1 aromatic carbocycles. The Kier molecular flexibility index (Phi) is 4.59. The normalized spacial score (nSPS) is 10.6. The Labute approximate surface area is 115 Å². The van der Waals surface area contributed by atoms with Gasteiger partial charge in [-0.2, -0.15) is 0 Å². The van der Waals surface area contributed by atoms with Gasteiger partial charge < -0.3 is 5.32 Å². The minimum atomic E-state index is -0.390. The number of hydrogen-bond donors (Lipinski definition) is 1. The third kappa shape index (κ3) is 3.84. The summed E-state index contributed by atoms with van der Waals surface area (Å²) in [4.78, 5) is 14.6. The van der Waals surface area contributed by atoms with Crippen LogP contribution in [0.5, 0.6) is 0 Å². The standard InChI is InChI=1S/C13H15N3O2S/c1-2-13-15-11(9-19-13)8-14-7-10-3-5-12(6-4-10)16(17)18/h3-6,9,14H,2,7-8H2,1H3. The van der Waals surface area contributed by atoms with Crippen LogP contribution in [0.15, 0.2) is 29.6 Å². The molecule has 6 heteroatoms. The van der Waals surface area contributed by atoms with Gasteiger partial charge in [0.05, 0.1) is 15.6 Å². The Hall–Kier alpha value is -1.79. The number of non-ortho nitro benzene ring substituents is 1. The second-order valence-electron chi connectivity index (χ2n) is 4.11. The summed E-state index contributed by atoms with van der Waals surface area (Å²) in [5.74, 6) is 0. The molecule has 0 radical (unpaired) electrons. The van der Waals surface area contributed by atoms with Crippen molar-refractivity contribution in [2.24, 2.45) is 0 Å². The van der Waals surface area contributed by atoms with Crippen LogP contribution in [0.4, 0.5) is 5.69 Å². The summed E-state index contributed by atoms with van der Waals surface area (Å²) < 4.78 is 0. The fraction of sp³-hybridized carbons (Fsp3) is 0.308. The molecule has 5 nitrogen and oxygen atoms in total. The van der Waals surface area contributed by atoms with Gasteiger partial charge >= 0.3 is 0 Å². The zero-order valence-electron chi connectivity index (χ0n) is 10.6. The molecule has 1 aromatic heterocycles. The van der Waals surface area contributed by atoms with Gasteiger partial charge in [-0.25, -0.2) is 4.98 Å². The van der Waals surface area contributed by atoms with Gasteiger partial charge in [0.15, 0.2) is 0 Å². The Morgan fingerprint density at radius 3 is 2.63 bits per heavy atom. The summed E-state index contributed by atoms with van der Waals surface area (Å²) in [6, 6.07) is 6.58. The fourth-order valence-electron chi connectivity index (χ4n) is 1.66. The number of nitrogens with zero attached hydrogens (tertiary/aromatic N) is 2. The lowest BCUT2D eigenvalue weighted by Crippen LogP contribution is -2.12. The molecule has 0 spiro atoms. The van der Waals surface area contributed by atoms with E-state index in [1.165, 1.54) is 12.1 Å². The van der Waals surface area contributed by atoms with E-state index in [-0.39, 0.29) is 5.69 Å². The minimum Gasteiger partial charge on any atom is -0.307 e. The van der Waals surface area contributed by atoms with Crippen LogP contribution in [-0.4, -0.2) is 9.91 Å². The molecule has 0 aliphatic carbocycles. The van der Waals surface area contributed by atoms with Crippen LogP contribution in [0.25, 0.3) is 0 Å². The van der Waals surface area contributed by atoms with Crippen molar-refractivity contribution in [2.75, 3.05) is 0 Å². The predicted molar refractivity (Wildman–Crippen MR) is 75.1 cm³/mol. The number of rotatable bonds is 6. The van der Waals surface area contributed by atoms with Crippen LogP contribution >= 0.6 is 11.3 Å². The number of aryl methyl sites for hydroxylation is 1. The van der Waals surface area contributed by atoms with Gasteiger partial charge in [-0.15, -0.1) is 11.3 Å². The quantitative estimate of drug-likeness (QED) is 0.651. The first-order valence-electron chi connectivity index (χ1n) is 6.06. The molecule has 0 aliphatic rings. The summed E-state index contributed by atoms with van der Waals surface area (Å²) in [5.41, 5.74) is 2.19. The molecule has 2 aromatic rings. The average molecular weight is 277 g/mol. The molecule has 0 bridgehead atoms. The number of nitro benzene ring substituents is 1. The zero-order chi connectivity index (χ0) is 13.7. The Morgan fingerprint density at radius 2 is 2.05 bits per heavy atom. The minimum absolute atomic E-state index is 0.121. The molecular weight excluding hydrogens is 262 g/mol. The van der Waals surface area contributed by atoms with E-state index >= 15 is 0 Å². The summed E-state index contributed by atoms with van der Waals surface area (Å²) in [6.45, 7) is 3.48. The number of thiazole rings is 1. The largest absolute Gasteiger partial charge is 0.307 e. The highest BCUT2D eigenvalue weighted by Gasteiger charge is 2.04. The SMILES string of the molecule is CCc1nc(CNCc2ccc([N+](=O)[O-])cc2)cs1. The average Bonchev–Trinajstić information content (AvgIpc) is 2.87. The molecule has 0 fully saturated rings. The molecule has 19 heavy (non-hydrogen) atoms. The third-order valence-corrected chi connectivity index (χ3v) is 3.73. The summed E-state index contributed by atoms with van der Waals surface area (Å²) in [6.07, 6.45) is 0.965. The maximum absolute atomic E-state index is 10.5. The molecule has 0 saturated carbocycles. The van der Waals surface area contributed by atoms with Gasteiger partial charge in [-0.3, -0.25) is 10.1 Å². The van der Waals surface area contributed by atoms with Crippen molar-refractivity contribution in [1.82, 2.24) is 10.3 Å². The highest BCUT2D eigenvalue weighted by atomic mass is 32.1. The topological polar surface area (TPSA) is 68.1 Å². The Bertz CT molecular complexity index is 551. The molecule has 2 rings (SSSR count). The first kappa shape index (κ1) is 13.6. The third-order valence-electron chi connectivity index (χ3n) is 2.68. The van der Waals surface area contributed by atoms with Gasteiger partial charge in [-0.05, 0) is 12.0 Å². The molecule has 1 heterocycles. The van der Waals surface area contributed by atoms with E-state index < -0.39 is 4.92 Å². The van der Waals surface area contributed by atoms with Crippen LogP contribution in [0, 0.1) is 10.1 Å². The lowest BCUT2D eigenvalue weighted by atomic mass is 10.2. The van der Waals surface area contributed by atoms with E-state index in [0.717, 1.165) is 22.7 Å². The number of benzene rings is 1. The maximum atomic E-state index is 10.5. The van der Waals surface area contributed by atoms with Gasteiger partial charge in [0.1, 0.15) is 0 Å². The molecule has 0 unspecified atom stereocenters. The van der Waals surface area contributed by atoms with E-state index in [2.05, 4.69) is 22.6 Å². The number of nitrogens with one attached hydrogen (secondary N) is 1. The van der Waals surface area contributed by atoms with Crippen LogP contribution < -0.4 is 5.32 Å². The molecule has 0 aliphatic heterocycles. The summed E-state index contributed by atoms with van der Waals surface area (Å²) in [5, 5.41) is 17.0. The van der Waals surface area contributed by atoms with E-state index in [1.54, 1.807) is 23.5 Å². The smallest absolute Gasteiger partial charge is 0.269 e.